The molecule has 0 saturated carbocycles. The molecule has 0 spiro atoms. The van der Waals surface area contributed by atoms with Gasteiger partial charge in [-0.05, 0) is 12.8 Å². The van der Waals surface area contributed by atoms with E-state index in [1.165, 1.54) is 0 Å². The van der Waals surface area contributed by atoms with Crippen LogP contribution in [0.4, 0.5) is 4.79 Å². The average molecular weight is 298 g/mol. The molecule has 1 fully saturated rings. The maximum atomic E-state index is 11.8. The summed E-state index contributed by atoms with van der Waals surface area (Å²) >= 11 is 0. The summed E-state index contributed by atoms with van der Waals surface area (Å²) in [5.41, 5.74) is 0. The fraction of sp³-hybridized carbons (Fsp3) is 0.538. The molecule has 0 aromatic rings. The molecule has 1 rings (SSSR count). The molecular weight excluding hydrogens is 280 g/mol. The van der Waals surface area contributed by atoms with E-state index in [0.717, 1.165) is 11.0 Å². The highest BCUT2D eigenvalue weighted by Gasteiger charge is 2.48. The number of nitrogens with one attached hydrogen (secondary N) is 1. The van der Waals surface area contributed by atoms with Crippen molar-refractivity contribution in [2.24, 2.45) is 5.92 Å². The van der Waals surface area contributed by atoms with Crippen LogP contribution >= 0.6 is 0 Å². The molecule has 0 bridgehead atoms. The van der Waals surface area contributed by atoms with Gasteiger partial charge in [0.25, 0.3) is 11.8 Å². The van der Waals surface area contributed by atoms with Crippen molar-refractivity contribution in [3.8, 4) is 0 Å². The van der Waals surface area contributed by atoms with E-state index in [4.69, 9.17) is 9.84 Å². The third kappa shape index (κ3) is 4.30. The highest BCUT2D eigenvalue weighted by molar-refractivity contribution is 6.09. The van der Waals surface area contributed by atoms with Crippen molar-refractivity contribution < 1.29 is 29.0 Å². The number of nitrogens with zero attached hydrogens (tertiary/aromatic N) is 1. The van der Waals surface area contributed by atoms with Gasteiger partial charge in [-0.15, -0.1) is 0 Å². The summed E-state index contributed by atoms with van der Waals surface area (Å²) in [5, 5.41) is 10.8. The molecule has 8 heteroatoms. The molecule has 1 aliphatic rings. The Morgan fingerprint density at radius 3 is 2.48 bits per heavy atom. The molecule has 0 radical (unpaired) electrons. The smallest absolute Gasteiger partial charge is 0.407 e. The van der Waals surface area contributed by atoms with E-state index in [0.29, 0.717) is 6.08 Å². The van der Waals surface area contributed by atoms with Crippen molar-refractivity contribution in [1.82, 2.24) is 10.2 Å². The molecule has 2 N–H and O–H groups in total. The maximum absolute atomic E-state index is 11.8. The number of carboxylic acid groups (broad SMARTS) is 1. The number of carbonyl (C=O) groups excluding carboxylic acids is 3. The van der Waals surface area contributed by atoms with Crippen LogP contribution in [0.5, 0.6) is 0 Å². The first-order chi connectivity index (χ1) is 9.73. The molecule has 21 heavy (non-hydrogen) atoms. The minimum atomic E-state index is -1.28. The maximum Gasteiger partial charge on any atom is 0.407 e. The number of carboxylic acids is 1. The van der Waals surface area contributed by atoms with Crippen LogP contribution in [0.25, 0.3) is 0 Å². The van der Waals surface area contributed by atoms with Gasteiger partial charge in [0, 0.05) is 12.2 Å². The van der Waals surface area contributed by atoms with Gasteiger partial charge in [0.15, 0.2) is 0 Å². The molecule has 1 unspecified atom stereocenters. The lowest BCUT2D eigenvalue weighted by molar-refractivity contribution is -0.158. The van der Waals surface area contributed by atoms with Crippen molar-refractivity contribution >= 4 is 23.9 Å². The Labute approximate surface area is 121 Å². The second kappa shape index (κ2) is 6.87. The Balaban J connectivity index is 2.52. The standard InChI is InChI=1S/C13H18N2O6/c1-7(2)6-21-13(20)14-11-8(3)15(12(11)19)9(16)4-5-10(17)18/h4-5,7-8,11H,6H2,1-3H3,(H,14,20)(H,17,18)/b5-4+/t8?,11-/m0/s1. The number of β-lactam (4-membered cyclic amide) rings is 1. The number of hydrogen-bond acceptors (Lipinski definition) is 5. The summed E-state index contributed by atoms with van der Waals surface area (Å²) in [6.45, 7) is 5.55. The number of aliphatic carboxylic acids is 1. The van der Waals surface area contributed by atoms with Crippen LogP contribution in [0, 0.1) is 5.92 Å². The van der Waals surface area contributed by atoms with Crippen molar-refractivity contribution in [3.05, 3.63) is 12.2 Å². The van der Waals surface area contributed by atoms with Gasteiger partial charge in [-0.2, -0.15) is 0 Å². The van der Waals surface area contributed by atoms with E-state index in [2.05, 4.69) is 5.32 Å². The van der Waals surface area contributed by atoms with Crippen LogP contribution in [0.1, 0.15) is 20.8 Å². The van der Waals surface area contributed by atoms with Gasteiger partial charge in [-0.1, -0.05) is 13.8 Å². The SMILES string of the molecule is CC(C)COC(=O)N[C@@H]1C(=O)N(C(=O)/C=C/C(=O)O)C1C. The van der Waals surface area contributed by atoms with E-state index in [9.17, 15) is 19.2 Å². The number of ether oxygens (including phenoxy) is 1. The predicted octanol–water partition coefficient (Wildman–Crippen LogP) is 0.135. The van der Waals surface area contributed by atoms with Crippen LogP contribution in [-0.2, 0) is 19.1 Å². The molecule has 0 aromatic carbocycles. The Morgan fingerprint density at radius 1 is 1.38 bits per heavy atom. The Hall–Kier alpha value is -2.38. The van der Waals surface area contributed by atoms with Crippen molar-refractivity contribution in [2.45, 2.75) is 32.9 Å². The fourth-order valence-electron chi connectivity index (χ4n) is 1.75. The van der Waals surface area contributed by atoms with Crippen LogP contribution in [-0.4, -0.2) is 52.6 Å². The Kier molecular flexibility index (Phi) is 5.45. The molecule has 1 saturated heterocycles. The average Bonchev–Trinajstić information content (AvgIpc) is 2.40. The van der Waals surface area contributed by atoms with Gasteiger partial charge in [0.2, 0.25) is 0 Å². The number of hydrogen-bond donors (Lipinski definition) is 2. The zero-order chi connectivity index (χ0) is 16.2. The number of carbonyl (C=O) groups is 4. The molecule has 116 valence electrons. The van der Waals surface area contributed by atoms with E-state index < -0.39 is 36.0 Å². The van der Waals surface area contributed by atoms with Crippen molar-refractivity contribution in [1.29, 1.82) is 0 Å². The second-order valence-corrected chi connectivity index (χ2v) is 5.07. The number of amides is 3. The van der Waals surface area contributed by atoms with Gasteiger partial charge in [-0.25, -0.2) is 9.59 Å². The molecule has 3 amide bonds. The van der Waals surface area contributed by atoms with Gasteiger partial charge >= 0.3 is 12.1 Å². The molecule has 8 nitrogen and oxygen atoms in total. The number of alkyl carbamates (subject to hydrolysis) is 1. The number of rotatable bonds is 5. The first-order valence-electron chi connectivity index (χ1n) is 6.45. The minimum absolute atomic E-state index is 0.171. The van der Waals surface area contributed by atoms with Crippen LogP contribution < -0.4 is 5.32 Å². The van der Waals surface area contributed by atoms with E-state index in [-0.39, 0.29) is 12.5 Å². The lowest BCUT2D eigenvalue weighted by Crippen LogP contribution is -2.70. The number of imide groups is 1. The summed E-state index contributed by atoms with van der Waals surface area (Å²) in [6, 6.07) is -1.40. The lowest BCUT2D eigenvalue weighted by atomic mass is 9.96. The molecule has 0 aromatic heterocycles. The van der Waals surface area contributed by atoms with Crippen LogP contribution in [0.3, 0.4) is 0 Å². The zero-order valence-electron chi connectivity index (χ0n) is 12.0. The highest BCUT2D eigenvalue weighted by atomic mass is 16.5. The summed E-state index contributed by atoms with van der Waals surface area (Å²) < 4.78 is 4.88. The van der Waals surface area contributed by atoms with Crippen molar-refractivity contribution in [2.75, 3.05) is 6.61 Å². The van der Waals surface area contributed by atoms with Gasteiger partial charge in [-0.3, -0.25) is 14.5 Å². The summed E-state index contributed by atoms with van der Waals surface area (Å²) in [4.78, 5) is 46.0. The third-order valence-electron chi connectivity index (χ3n) is 2.82. The summed E-state index contributed by atoms with van der Waals surface area (Å²) in [5.74, 6) is -2.44. The largest absolute Gasteiger partial charge is 0.478 e. The van der Waals surface area contributed by atoms with Gasteiger partial charge in [0.05, 0.1) is 12.6 Å². The fourth-order valence-corrected chi connectivity index (χ4v) is 1.75. The summed E-state index contributed by atoms with van der Waals surface area (Å²) in [6.07, 6.45) is 0.728. The van der Waals surface area contributed by atoms with Crippen LogP contribution in [0.15, 0.2) is 12.2 Å². The van der Waals surface area contributed by atoms with Crippen LogP contribution in [0.2, 0.25) is 0 Å². The van der Waals surface area contributed by atoms with Gasteiger partial charge < -0.3 is 15.2 Å². The normalized spacial score (nSPS) is 21.3. The molecular formula is C13H18N2O6. The molecule has 1 aliphatic heterocycles. The summed E-state index contributed by atoms with van der Waals surface area (Å²) in [7, 11) is 0. The molecule has 2 atom stereocenters. The third-order valence-corrected chi connectivity index (χ3v) is 2.82. The highest BCUT2D eigenvalue weighted by Crippen LogP contribution is 2.20. The quantitative estimate of drug-likeness (QED) is 0.551. The second-order valence-electron chi connectivity index (χ2n) is 5.07. The zero-order valence-corrected chi connectivity index (χ0v) is 12.0. The molecule has 0 aliphatic carbocycles. The first kappa shape index (κ1) is 16.7. The first-order valence-corrected chi connectivity index (χ1v) is 6.45. The monoisotopic (exact) mass is 298 g/mol. The van der Waals surface area contributed by atoms with Crippen molar-refractivity contribution in [3.63, 3.8) is 0 Å². The van der Waals surface area contributed by atoms with E-state index in [1.54, 1.807) is 6.92 Å². The predicted molar refractivity (Wildman–Crippen MR) is 71.2 cm³/mol. The Morgan fingerprint density at radius 2 is 2.00 bits per heavy atom. The number of likely N-dealkylation sites (tertiary alicyclic amines) is 1. The topological polar surface area (TPSA) is 113 Å². The van der Waals surface area contributed by atoms with E-state index in [1.807, 2.05) is 13.8 Å². The minimum Gasteiger partial charge on any atom is -0.478 e. The lowest BCUT2D eigenvalue weighted by Gasteiger charge is -2.42. The molecule has 1 heterocycles. The Bertz CT molecular complexity index is 485. The van der Waals surface area contributed by atoms with Gasteiger partial charge in [0.1, 0.15) is 6.04 Å². The van der Waals surface area contributed by atoms with E-state index >= 15 is 0 Å².